The van der Waals surface area contributed by atoms with Crippen molar-refractivity contribution in [2.45, 2.75) is 0 Å². The van der Waals surface area contributed by atoms with Gasteiger partial charge in [-0.05, 0) is 24.3 Å². The molecule has 2 N–H and O–H groups in total. The molecule has 0 atom stereocenters. The molecule has 7 heteroatoms. The molecule has 106 valence electrons. The highest BCUT2D eigenvalue weighted by atomic mass is 16.7. The van der Waals surface area contributed by atoms with E-state index < -0.39 is 11.9 Å². The Hall–Kier alpha value is -3.09. The van der Waals surface area contributed by atoms with Crippen molar-refractivity contribution in [3.8, 4) is 11.5 Å². The fourth-order valence-corrected chi connectivity index (χ4v) is 1.83. The van der Waals surface area contributed by atoms with Crippen LogP contribution in [0.15, 0.2) is 36.5 Å². The molecular formula is C14H10N2O5. The van der Waals surface area contributed by atoms with Gasteiger partial charge in [-0.3, -0.25) is 4.79 Å². The lowest BCUT2D eigenvalue weighted by Gasteiger charge is -2.06. The number of nitrogens with one attached hydrogen (secondary N) is 1. The number of hydrogen-bond donors (Lipinski definition) is 2. The van der Waals surface area contributed by atoms with Crippen molar-refractivity contribution in [3.05, 3.63) is 47.8 Å². The summed E-state index contributed by atoms with van der Waals surface area (Å²) in [6.07, 6.45) is 1.21. The van der Waals surface area contributed by atoms with Gasteiger partial charge in [-0.2, -0.15) is 0 Å². The molecule has 0 aliphatic carbocycles. The lowest BCUT2D eigenvalue weighted by atomic mass is 10.2. The van der Waals surface area contributed by atoms with Crippen LogP contribution in [-0.2, 0) is 0 Å². The number of carboxylic acids is 1. The van der Waals surface area contributed by atoms with Crippen LogP contribution in [0.5, 0.6) is 11.5 Å². The number of benzene rings is 1. The summed E-state index contributed by atoms with van der Waals surface area (Å²) in [5.74, 6) is -0.344. The number of anilines is 1. The number of carbonyl (C=O) groups excluding carboxylic acids is 1. The molecule has 2 heterocycles. The molecule has 21 heavy (non-hydrogen) atoms. The Kier molecular flexibility index (Phi) is 3.15. The number of rotatable bonds is 3. The van der Waals surface area contributed by atoms with E-state index in [1.54, 1.807) is 18.2 Å². The van der Waals surface area contributed by atoms with Gasteiger partial charge in [-0.25, -0.2) is 9.78 Å². The Balaban J connectivity index is 1.75. The van der Waals surface area contributed by atoms with Crippen molar-refractivity contribution >= 4 is 17.6 Å². The first-order chi connectivity index (χ1) is 10.1. The number of pyridine rings is 1. The number of amides is 1. The summed E-state index contributed by atoms with van der Waals surface area (Å²) in [6.45, 7) is 0.160. The largest absolute Gasteiger partial charge is 0.477 e. The SMILES string of the molecule is O=C(Nc1ccc2c(c1)OCO2)c1ccc(C(=O)O)nc1. The van der Waals surface area contributed by atoms with Crippen LogP contribution in [0.2, 0.25) is 0 Å². The highest BCUT2D eigenvalue weighted by Gasteiger charge is 2.15. The van der Waals surface area contributed by atoms with Gasteiger partial charge in [0.05, 0.1) is 5.56 Å². The Morgan fingerprint density at radius 3 is 2.67 bits per heavy atom. The van der Waals surface area contributed by atoms with Crippen LogP contribution >= 0.6 is 0 Å². The predicted molar refractivity (Wildman–Crippen MR) is 71.7 cm³/mol. The quantitative estimate of drug-likeness (QED) is 0.892. The van der Waals surface area contributed by atoms with Crippen LogP contribution in [0, 0.1) is 0 Å². The number of hydrogen-bond acceptors (Lipinski definition) is 5. The van der Waals surface area contributed by atoms with Crippen molar-refractivity contribution in [1.29, 1.82) is 0 Å². The van der Waals surface area contributed by atoms with E-state index >= 15 is 0 Å². The number of carbonyl (C=O) groups is 2. The summed E-state index contributed by atoms with van der Waals surface area (Å²) in [5.41, 5.74) is 0.693. The number of aromatic carboxylic acids is 1. The van der Waals surface area contributed by atoms with Gasteiger partial charge in [0.15, 0.2) is 11.5 Å². The molecular weight excluding hydrogens is 276 g/mol. The van der Waals surface area contributed by atoms with E-state index in [9.17, 15) is 9.59 Å². The average molecular weight is 286 g/mol. The fourth-order valence-electron chi connectivity index (χ4n) is 1.83. The maximum absolute atomic E-state index is 12.0. The van der Waals surface area contributed by atoms with Gasteiger partial charge in [0.25, 0.3) is 5.91 Å². The topological polar surface area (TPSA) is 97.8 Å². The first-order valence-electron chi connectivity index (χ1n) is 6.04. The Bertz CT molecular complexity index is 712. The van der Waals surface area contributed by atoms with E-state index in [1.165, 1.54) is 18.3 Å². The molecule has 0 radical (unpaired) electrons. The zero-order chi connectivity index (χ0) is 14.8. The molecule has 0 fully saturated rings. The smallest absolute Gasteiger partial charge is 0.354 e. The van der Waals surface area contributed by atoms with Crippen LogP contribution in [0.4, 0.5) is 5.69 Å². The second-order valence-electron chi connectivity index (χ2n) is 4.26. The van der Waals surface area contributed by atoms with Gasteiger partial charge in [0, 0.05) is 18.0 Å². The molecule has 1 aromatic carbocycles. The van der Waals surface area contributed by atoms with Crippen LogP contribution in [0.1, 0.15) is 20.8 Å². The van der Waals surface area contributed by atoms with Gasteiger partial charge in [0.1, 0.15) is 5.69 Å². The van der Waals surface area contributed by atoms with Crippen molar-refractivity contribution in [2.75, 3.05) is 12.1 Å². The lowest BCUT2D eigenvalue weighted by molar-refractivity contribution is 0.0690. The highest BCUT2D eigenvalue weighted by Crippen LogP contribution is 2.34. The monoisotopic (exact) mass is 286 g/mol. The molecule has 1 amide bonds. The van der Waals surface area contributed by atoms with Crippen LogP contribution in [0.3, 0.4) is 0 Å². The number of fused-ring (bicyclic) bond motifs is 1. The number of nitrogens with zero attached hydrogens (tertiary/aromatic N) is 1. The van der Waals surface area contributed by atoms with Crippen molar-refractivity contribution < 1.29 is 24.2 Å². The Morgan fingerprint density at radius 2 is 1.95 bits per heavy atom. The zero-order valence-corrected chi connectivity index (χ0v) is 10.7. The van der Waals surface area contributed by atoms with Gasteiger partial charge in [-0.15, -0.1) is 0 Å². The maximum atomic E-state index is 12.0. The summed E-state index contributed by atoms with van der Waals surface area (Å²) in [4.78, 5) is 26.4. The minimum absolute atomic E-state index is 0.116. The summed E-state index contributed by atoms with van der Waals surface area (Å²) >= 11 is 0. The standard InChI is InChI=1S/C14H10N2O5/c17-13(8-1-3-10(14(18)19)15-6-8)16-9-2-4-11-12(5-9)21-7-20-11/h1-6H,7H2,(H,16,17)(H,18,19). The van der Waals surface area contributed by atoms with Crippen molar-refractivity contribution in [2.24, 2.45) is 0 Å². The van der Waals surface area contributed by atoms with Crippen LogP contribution < -0.4 is 14.8 Å². The van der Waals surface area contributed by atoms with E-state index in [0.29, 0.717) is 17.2 Å². The second kappa shape index (κ2) is 5.12. The lowest BCUT2D eigenvalue weighted by Crippen LogP contribution is -2.13. The molecule has 0 unspecified atom stereocenters. The van der Waals surface area contributed by atoms with Gasteiger partial charge >= 0.3 is 5.97 Å². The van der Waals surface area contributed by atoms with Crippen molar-refractivity contribution in [1.82, 2.24) is 4.98 Å². The molecule has 3 rings (SSSR count). The van der Waals surface area contributed by atoms with Crippen molar-refractivity contribution in [3.63, 3.8) is 0 Å². The van der Waals surface area contributed by atoms with E-state index in [4.69, 9.17) is 14.6 Å². The second-order valence-corrected chi connectivity index (χ2v) is 4.26. The first-order valence-corrected chi connectivity index (χ1v) is 6.04. The van der Waals surface area contributed by atoms with E-state index in [2.05, 4.69) is 10.3 Å². The molecule has 7 nitrogen and oxygen atoms in total. The first kappa shape index (κ1) is 12.9. The summed E-state index contributed by atoms with van der Waals surface area (Å²) in [7, 11) is 0. The molecule has 0 saturated heterocycles. The third kappa shape index (κ3) is 2.62. The van der Waals surface area contributed by atoms with Crippen LogP contribution in [0.25, 0.3) is 0 Å². The van der Waals surface area contributed by atoms with E-state index in [1.807, 2.05) is 0 Å². The molecule has 0 bridgehead atoms. The van der Waals surface area contributed by atoms with Gasteiger partial charge in [-0.1, -0.05) is 0 Å². The van der Waals surface area contributed by atoms with E-state index in [0.717, 1.165) is 0 Å². The molecule has 0 saturated carbocycles. The molecule has 0 spiro atoms. The highest BCUT2D eigenvalue weighted by molar-refractivity contribution is 6.04. The summed E-state index contributed by atoms with van der Waals surface area (Å²) in [6, 6.07) is 7.71. The minimum atomic E-state index is -1.14. The predicted octanol–water partition coefficient (Wildman–Crippen LogP) is 1.76. The molecule has 1 aliphatic rings. The number of aromatic nitrogens is 1. The van der Waals surface area contributed by atoms with E-state index in [-0.39, 0.29) is 18.1 Å². The Labute approximate surface area is 119 Å². The van der Waals surface area contributed by atoms with Gasteiger partial charge < -0.3 is 19.9 Å². The minimum Gasteiger partial charge on any atom is -0.477 e. The summed E-state index contributed by atoms with van der Waals surface area (Å²) < 4.78 is 10.4. The third-order valence-electron chi connectivity index (χ3n) is 2.88. The number of ether oxygens (including phenoxy) is 2. The third-order valence-corrected chi connectivity index (χ3v) is 2.88. The fraction of sp³-hybridized carbons (Fsp3) is 0.0714. The Morgan fingerprint density at radius 1 is 1.14 bits per heavy atom. The average Bonchev–Trinajstić information content (AvgIpc) is 2.95. The zero-order valence-electron chi connectivity index (χ0n) is 10.7. The summed E-state index contributed by atoms with van der Waals surface area (Å²) in [5, 5.41) is 11.4. The number of carboxylic acid groups (broad SMARTS) is 1. The molecule has 1 aromatic heterocycles. The molecule has 1 aliphatic heterocycles. The van der Waals surface area contributed by atoms with Gasteiger partial charge in [0.2, 0.25) is 6.79 Å². The maximum Gasteiger partial charge on any atom is 0.354 e. The normalized spacial score (nSPS) is 12.0. The molecule has 2 aromatic rings. The van der Waals surface area contributed by atoms with Crippen LogP contribution in [-0.4, -0.2) is 28.8 Å².